The van der Waals surface area contributed by atoms with E-state index in [1.807, 2.05) is 29.2 Å². The first kappa shape index (κ1) is 16.6. The Morgan fingerprint density at radius 2 is 1.84 bits per heavy atom. The standard InChI is InChI=1S/C18H22BrN5O/c19-14-4-6-15(7-5-14)20-18(25)23-11-8-13(9-12-23)17-22-21-16-3-1-2-10-24(16)17/h4-7,13H,1-3,8-12H2,(H,20,25). The molecular weight excluding hydrogens is 382 g/mol. The van der Waals surface area contributed by atoms with Crippen LogP contribution in [-0.2, 0) is 13.0 Å². The Labute approximate surface area is 155 Å². The van der Waals surface area contributed by atoms with Crippen LogP contribution in [-0.4, -0.2) is 38.8 Å². The number of urea groups is 1. The first-order valence-electron chi connectivity index (χ1n) is 8.94. The molecule has 3 heterocycles. The van der Waals surface area contributed by atoms with Crippen LogP contribution >= 0.6 is 15.9 Å². The lowest BCUT2D eigenvalue weighted by molar-refractivity contribution is 0.192. The zero-order valence-electron chi connectivity index (χ0n) is 14.1. The normalized spacial score (nSPS) is 18.0. The second kappa shape index (κ2) is 7.15. The number of anilines is 1. The minimum absolute atomic E-state index is 0.0240. The lowest BCUT2D eigenvalue weighted by Crippen LogP contribution is -2.41. The molecule has 0 bridgehead atoms. The van der Waals surface area contributed by atoms with Gasteiger partial charge in [0.1, 0.15) is 11.6 Å². The highest BCUT2D eigenvalue weighted by Crippen LogP contribution is 2.29. The van der Waals surface area contributed by atoms with Gasteiger partial charge >= 0.3 is 6.03 Å². The largest absolute Gasteiger partial charge is 0.324 e. The summed E-state index contributed by atoms with van der Waals surface area (Å²) in [4.78, 5) is 14.3. The van der Waals surface area contributed by atoms with Crippen molar-refractivity contribution in [1.29, 1.82) is 0 Å². The molecule has 2 aromatic rings. The number of aryl methyl sites for hydroxylation is 1. The van der Waals surface area contributed by atoms with E-state index in [9.17, 15) is 4.79 Å². The van der Waals surface area contributed by atoms with Crippen molar-refractivity contribution in [3.8, 4) is 0 Å². The average Bonchev–Trinajstić information content (AvgIpc) is 3.08. The van der Waals surface area contributed by atoms with Gasteiger partial charge in [0, 0.05) is 42.1 Å². The highest BCUT2D eigenvalue weighted by molar-refractivity contribution is 9.10. The van der Waals surface area contributed by atoms with Crippen molar-refractivity contribution in [2.75, 3.05) is 18.4 Å². The maximum Gasteiger partial charge on any atom is 0.321 e. The van der Waals surface area contributed by atoms with Gasteiger partial charge in [-0.15, -0.1) is 10.2 Å². The van der Waals surface area contributed by atoms with Gasteiger partial charge in [0.05, 0.1) is 0 Å². The van der Waals surface area contributed by atoms with Crippen LogP contribution in [0.2, 0.25) is 0 Å². The number of aromatic nitrogens is 3. The molecule has 0 aliphatic carbocycles. The molecular formula is C18H22BrN5O. The van der Waals surface area contributed by atoms with E-state index in [0.29, 0.717) is 5.92 Å². The third-order valence-corrected chi connectivity index (χ3v) is 5.66. The summed E-state index contributed by atoms with van der Waals surface area (Å²) < 4.78 is 3.31. The number of benzene rings is 1. The Hall–Kier alpha value is -1.89. The molecule has 1 N–H and O–H groups in total. The van der Waals surface area contributed by atoms with E-state index in [-0.39, 0.29) is 6.03 Å². The zero-order chi connectivity index (χ0) is 17.2. The predicted octanol–water partition coefficient (Wildman–Crippen LogP) is 3.79. The molecule has 7 heteroatoms. The number of likely N-dealkylation sites (tertiary alicyclic amines) is 1. The second-order valence-corrected chi connectivity index (χ2v) is 7.70. The maximum atomic E-state index is 12.4. The molecule has 6 nitrogen and oxygen atoms in total. The SMILES string of the molecule is O=C(Nc1ccc(Br)cc1)N1CCC(c2nnc3n2CCCC3)CC1. The van der Waals surface area contributed by atoms with Crippen LogP contribution in [0.1, 0.15) is 43.3 Å². The third-order valence-electron chi connectivity index (χ3n) is 5.13. The number of amides is 2. The van der Waals surface area contributed by atoms with Gasteiger partial charge in [0.2, 0.25) is 0 Å². The lowest BCUT2D eigenvalue weighted by Gasteiger charge is -2.32. The van der Waals surface area contributed by atoms with E-state index < -0.39 is 0 Å². The molecule has 0 saturated carbocycles. The van der Waals surface area contributed by atoms with Crippen LogP contribution in [0.4, 0.5) is 10.5 Å². The van der Waals surface area contributed by atoms with Crippen molar-refractivity contribution in [3.63, 3.8) is 0 Å². The van der Waals surface area contributed by atoms with Crippen molar-refractivity contribution in [1.82, 2.24) is 19.7 Å². The van der Waals surface area contributed by atoms with Gasteiger partial charge < -0.3 is 14.8 Å². The first-order chi connectivity index (χ1) is 12.2. The number of nitrogens with zero attached hydrogens (tertiary/aromatic N) is 4. The fourth-order valence-electron chi connectivity index (χ4n) is 3.71. The van der Waals surface area contributed by atoms with Gasteiger partial charge in [0.15, 0.2) is 0 Å². The highest BCUT2D eigenvalue weighted by Gasteiger charge is 2.28. The molecule has 1 saturated heterocycles. The average molecular weight is 404 g/mol. The molecule has 0 radical (unpaired) electrons. The fourth-order valence-corrected chi connectivity index (χ4v) is 3.97. The molecule has 132 valence electrons. The maximum absolute atomic E-state index is 12.4. The third kappa shape index (κ3) is 3.56. The minimum Gasteiger partial charge on any atom is -0.324 e. The van der Waals surface area contributed by atoms with Crippen molar-refractivity contribution in [3.05, 3.63) is 40.4 Å². The summed E-state index contributed by atoms with van der Waals surface area (Å²) in [5.41, 5.74) is 0.821. The van der Waals surface area contributed by atoms with Crippen LogP contribution in [0.15, 0.2) is 28.7 Å². The summed E-state index contributed by atoms with van der Waals surface area (Å²) >= 11 is 3.40. The number of carbonyl (C=O) groups is 1. The summed E-state index contributed by atoms with van der Waals surface area (Å²) in [5.74, 6) is 2.68. The van der Waals surface area contributed by atoms with Crippen LogP contribution in [0.5, 0.6) is 0 Å². The number of hydrogen-bond donors (Lipinski definition) is 1. The van der Waals surface area contributed by atoms with Gasteiger partial charge in [-0.25, -0.2) is 4.79 Å². The van der Waals surface area contributed by atoms with Crippen molar-refractivity contribution >= 4 is 27.6 Å². The molecule has 2 amide bonds. The smallest absolute Gasteiger partial charge is 0.321 e. The molecule has 1 aromatic carbocycles. The molecule has 0 unspecified atom stereocenters. The van der Waals surface area contributed by atoms with Gasteiger partial charge in [-0.1, -0.05) is 15.9 Å². The van der Waals surface area contributed by atoms with Crippen LogP contribution in [0.25, 0.3) is 0 Å². The van der Waals surface area contributed by atoms with Crippen molar-refractivity contribution in [2.24, 2.45) is 0 Å². The van der Waals surface area contributed by atoms with Gasteiger partial charge in [-0.2, -0.15) is 0 Å². The van der Waals surface area contributed by atoms with E-state index in [1.165, 1.54) is 12.8 Å². The molecule has 1 fully saturated rings. The number of hydrogen-bond acceptors (Lipinski definition) is 3. The Morgan fingerprint density at radius 3 is 2.60 bits per heavy atom. The molecule has 0 atom stereocenters. The van der Waals surface area contributed by atoms with Gasteiger partial charge in [0.25, 0.3) is 0 Å². The molecule has 2 aliphatic rings. The number of nitrogens with one attached hydrogen (secondary N) is 1. The Kier molecular flexibility index (Phi) is 4.74. The second-order valence-electron chi connectivity index (χ2n) is 6.78. The first-order valence-corrected chi connectivity index (χ1v) is 9.73. The molecule has 1 aromatic heterocycles. The molecule has 4 rings (SSSR count). The van der Waals surface area contributed by atoms with E-state index in [2.05, 4.69) is 36.0 Å². The quantitative estimate of drug-likeness (QED) is 0.829. The van der Waals surface area contributed by atoms with Gasteiger partial charge in [-0.05, 0) is 49.9 Å². The summed E-state index contributed by atoms with van der Waals surface area (Å²) in [6.07, 6.45) is 5.37. The lowest BCUT2D eigenvalue weighted by atomic mass is 9.95. The molecule has 2 aliphatic heterocycles. The number of carbonyl (C=O) groups excluding carboxylic acids is 1. The van der Waals surface area contributed by atoms with Crippen LogP contribution in [0.3, 0.4) is 0 Å². The summed E-state index contributed by atoms with van der Waals surface area (Å²) in [6, 6.07) is 7.63. The Balaban J connectivity index is 1.35. The van der Waals surface area contributed by atoms with E-state index in [1.54, 1.807) is 0 Å². The fraction of sp³-hybridized carbons (Fsp3) is 0.500. The van der Waals surface area contributed by atoms with Crippen molar-refractivity contribution in [2.45, 2.75) is 44.6 Å². The topological polar surface area (TPSA) is 63.1 Å². The predicted molar refractivity (Wildman–Crippen MR) is 99.7 cm³/mol. The number of fused-ring (bicyclic) bond motifs is 1. The van der Waals surface area contributed by atoms with E-state index >= 15 is 0 Å². The Morgan fingerprint density at radius 1 is 1.08 bits per heavy atom. The summed E-state index contributed by atoms with van der Waals surface area (Å²) in [6.45, 7) is 2.56. The number of piperidine rings is 1. The van der Waals surface area contributed by atoms with E-state index in [4.69, 9.17) is 0 Å². The zero-order valence-corrected chi connectivity index (χ0v) is 15.7. The highest BCUT2D eigenvalue weighted by atomic mass is 79.9. The van der Waals surface area contributed by atoms with Crippen molar-refractivity contribution < 1.29 is 4.79 Å². The van der Waals surface area contributed by atoms with E-state index in [0.717, 1.165) is 60.7 Å². The van der Waals surface area contributed by atoms with Crippen LogP contribution in [0, 0.1) is 0 Å². The molecule has 25 heavy (non-hydrogen) atoms. The summed E-state index contributed by atoms with van der Waals surface area (Å²) in [5, 5.41) is 11.8. The summed E-state index contributed by atoms with van der Waals surface area (Å²) in [7, 11) is 0. The Bertz CT molecular complexity index is 749. The van der Waals surface area contributed by atoms with Gasteiger partial charge in [-0.3, -0.25) is 0 Å². The number of halogens is 1. The monoisotopic (exact) mass is 403 g/mol. The minimum atomic E-state index is -0.0240. The number of rotatable bonds is 2. The van der Waals surface area contributed by atoms with Crippen LogP contribution < -0.4 is 5.32 Å². The molecule has 0 spiro atoms.